The molecule has 0 aromatic carbocycles. The Morgan fingerprint density at radius 2 is 2.20 bits per heavy atom. The molecule has 2 aromatic heterocycles. The molecule has 0 saturated carbocycles. The molecule has 2 aromatic rings. The first-order valence-electron chi connectivity index (χ1n) is 7.85. The highest BCUT2D eigenvalue weighted by Crippen LogP contribution is 2.36. The lowest BCUT2D eigenvalue weighted by Gasteiger charge is -2.07. The van der Waals surface area contributed by atoms with Crippen molar-refractivity contribution in [3.63, 3.8) is 0 Å². The summed E-state index contributed by atoms with van der Waals surface area (Å²) in [5, 5.41) is 20.1. The summed E-state index contributed by atoms with van der Waals surface area (Å²) in [5.41, 5.74) is 1.86. The monoisotopic (exact) mass is 393 g/mol. The van der Waals surface area contributed by atoms with E-state index in [0.29, 0.717) is 10.6 Å². The first-order chi connectivity index (χ1) is 12.0. The van der Waals surface area contributed by atoms with E-state index in [-0.39, 0.29) is 15.8 Å². The molecule has 0 fully saturated rings. The van der Waals surface area contributed by atoms with Crippen molar-refractivity contribution in [2.75, 3.05) is 5.32 Å². The van der Waals surface area contributed by atoms with Gasteiger partial charge in [-0.1, -0.05) is 18.0 Å². The lowest BCUT2D eigenvalue weighted by Crippen LogP contribution is -2.34. The molecule has 0 atom stereocenters. The van der Waals surface area contributed by atoms with Crippen molar-refractivity contribution in [3.05, 3.63) is 32.9 Å². The van der Waals surface area contributed by atoms with Crippen molar-refractivity contribution in [1.29, 1.82) is 5.26 Å². The molecule has 0 saturated heterocycles. The van der Waals surface area contributed by atoms with E-state index in [0.717, 1.165) is 31.2 Å². The average molecular weight is 394 g/mol. The Kier molecular flexibility index (Phi) is 5.37. The predicted molar refractivity (Wildman–Crippen MR) is 102 cm³/mol. The second kappa shape index (κ2) is 7.52. The van der Waals surface area contributed by atoms with Gasteiger partial charge in [0.15, 0.2) is 10.8 Å². The van der Waals surface area contributed by atoms with E-state index in [1.54, 1.807) is 18.4 Å². The summed E-state index contributed by atoms with van der Waals surface area (Å²) in [7, 11) is 1.68. The lowest BCUT2D eigenvalue weighted by molar-refractivity contribution is 0.0972. The van der Waals surface area contributed by atoms with Gasteiger partial charge < -0.3 is 5.32 Å². The van der Waals surface area contributed by atoms with Crippen molar-refractivity contribution in [2.24, 2.45) is 7.05 Å². The van der Waals surface area contributed by atoms with Gasteiger partial charge in [0.05, 0.1) is 10.6 Å². The highest BCUT2D eigenvalue weighted by atomic mass is 35.5. The fourth-order valence-corrected chi connectivity index (χ4v) is 4.63. The SMILES string of the molecule is Cn1cc(Cl)c(C(=O)NC(=S)Nc2sc3c(c2C#N)CCCCC3)n1. The number of nitrogens with zero attached hydrogens (tertiary/aromatic N) is 3. The van der Waals surface area contributed by atoms with Gasteiger partial charge in [-0.25, -0.2) is 0 Å². The molecule has 2 heterocycles. The van der Waals surface area contributed by atoms with E-state index < -0.39 is 5.91 Å². The van der Waals surface area contributed by atoms with E-state index in [1.165, 1.54) is 22.2 Å². The highest BCUT2D eigenvalue weighted by molar-refractivity contribution is 7.80. The molecular formula is C16H16ClN5OS2. The minimum Gasteiger partial charge on any atom is -0.323 e. The Bertz CT molecular complexity index is 880. The molecule has 9 heteroatoms. The molecule has 0 spiro atoms. The number of carbonyl (C=O) groups is 1. The number of hydrogen-bond donors (Lipinski definition) is 2. The summed E-state index contributed by atoms with van der Waals surface area (Å²) in [6.45, 7) is 0. The summed E-state index contributed by atoms with van der Waals surface area (Å²) in [6, 6.07) is 2.27. The first kappa shape index (κ1) is 17.9. The quantitative estimate of drug-likeness (QED) is 0.603. The first-order valence-corrected chi connectivity index (χ1v) is 9.46. The van der Waals surface area contributed by atoms with E-state index in [1.807, 2.05) is 0 Å². The molecule has 0 radical (unpaired) electrons. The minimum atomic E-state index is -0.486. The van der Waals surface area contributed by atoms with Crippen LogP contribution in [0.3, 0.4) is 0 Å². The lowest BCUT2D eigenvalue weighted by atomic mass is 10.1. The van der Waals surface area contributed by atoms with Crippen LogP contribution in [0.2, 0.25) is 5.02 Å². The van der Waals surface area contributed by atoms with Crippen LogP contribution in [0, 0.1) is 11.3 Å². The Balaban J connectivity index is 1.74. The molecule has 3 rings (SSSR count). The van der Waals surface area contributed by atoms with Crippen molar-refractivity contribution >= 4 is 51.2 Å². The molecule has 130 valence electrons. The number of thiocarbonyl (C=S) groups is 1. The van der Waals surface area contributed by atoms with Crippen LogP contribution in [-0.4, -0.2) is 20.8 Å². The van der Waals surface area contributed by atoms with E-state index >= 15 is 0 Å². The topological polar surface area (TPSA) is 82.7 Å². The van der Waals surface area contributed by atoms with Crippen LogP contribution >= 0.6 is 35.2 Å². The molecular weight excluding hydrogens is 378 g/mol. The maximum atomic E-state index is 12.2. The highest BCUT2D eigenvalue weighted by Gasteiger charge is 2.21. The summed E-state index contributed by atoms with van der Waals surface area (Å²) >= 11 is 12.7. The van der Waals surface area contributed by atoms with Crippen molar-refractivity contribution in [3.8, 4) is 6.07 Å². The van der Waals surface area contributed by atoms with Gasteiger partial charge in [0, 0.05) is 18.1 Å². The number of hydrogen-bond acceptors (Lipinski definition) is 5. The Morgan fingerprint density at radius 3 is 2.88 bits per heavy atom. The van der Waals surface area contributed by atoms with Crippen molar-refractivity contribution in [1.82, 2.24) is 15.1 Å². The second-order valence-corrected chi connectivity index (χ2v) is 7.71. The molecule has 0 aliphatic heterocycles. The second-order valence-electron chi connectivity index (χ2n) is 5.79. The van der Waals surface area contributed by atoms with Gasteiger partial charge in [0.1, 0.15) is 11.1 Å². The standard InChI is InChI=1S/C16H16ClN5OS2/c1-22-8-11(17)13(21-22)14(23)19-16(24)20-15-10(7-18)9-5-3-2-4-6-12(9)25-15/h8H,2-6H2,1H3,(H2,19,20,23,24). The van der Waals surface area contributed by atoms with Crippen LogP contribution in [0.4, 0.5) is 5.00 Å². The maximum Gasteiger partial charge on any atom is 0.279 e. The van der Waals surface area contributed by atoms with Gasteiger partial charge in [0.2, 0.25) is 0 Å². The molecule has 6 nitrogen and oxygen atoms in total. The van der Waals surface area contributed by atoms with Crippen LogP contribution < -0.4 is 10.6 Å². The number of nitriles is 1. The third-order valence-corrected chi connectivity index (χ3v) is 5.67. The number of aryl methyl sites for hydroxylation is 2. The number of halogens is 1. The summed E-state index contributed by atoms with van der Waals surface area (Å²) in [6.07, 6.45) is 6.86. The van der Waals surface area contributed by atoms with Gasteiger partial charge in [-0.3, -0.25) is 14.8 Å². The molecule has 0 unspecified atom stereocenters. The molecule has 0 bridgehead atoms. The average Bonchev–Trinajstić information content (AvgIpc) is 2.96. The number of anilines is 1. The normalized spacial score (nSPS) is 13.5. The fourth-order valence-electron chi connectivity index (χ4n) is 2.86. The number of nitrogens with one attached hydrogen (secondary N) is 2. The zero-order chi connectivity index (χ0) is 18.0. The number of aromatic nitrogens is 2. The van der Waals surface area contributed by atoms with Crippen LogP contribution in [0.1, 0.15) is 45.8 Å². The molecule has 1 amide bonds. The summed E-state index contributed by atoms with van der Waals surface area (Å²) in [4.78, 5) is 13.4. The Morgan fingerprint density at radius 1 is 1.44 bits per heavy atom. The van der Waals surface area contributed by atoms with Crippen molar-refractivity contribution < 1.29 is 4.79 Å². The largest absolute Gasteiger partial charge is 0.323 e. The zero-order valence-electron chi connectivity index (χ0n) is 13.6. The van der Waals surface area contributed by atoms with E-state index in [9.17, 15) is 10.1 Å². The third-order valence-electron chi connectivity index (χ3n) is 3.99. The van der Waals surface area contributed by atoms with Crippen LogP contribution in [-0.2, 0) is 19.9 Å². The van der Waals surface area contributed by atoms with E-state index in [2.05, 4.69) is 21.8 Å². The van der Waals surface area contributed by atoms with E-state index in [4.69, 9.17) is 23.8 Å². The fraction of sp³-hybridized carbons (Fsp3) is 0.375. The van der Waals surface area contributed by atoms with Crippen LogP contribution in [0.15, 0.2) is 6.20 Å². The molecule has 25 heavy (non-hydrogen) atoms. The zero-order valence-corrected chi connectivity index (χ0v) is 15.9. The third kappa shape index (κ3) is 3.84. The van der Waals surface area contributed by atoms with Gasteiger partial charge in [-0.15, -0.1) is 11.3 Å². The number of carbonyl (C=O) groups excluding carboxylic acids is 1. The summed E-state index contributed by atoms with van der Waals surface area (Å²) in [5.74, 6) is -0.486. The Hall–Kier alpha value is -1.95. The molecule has 1 aliphatic carbocycles. The number of fused-ring (bicyclic) bond motifs is 1. The minimum absolute atomic E-state index is 0.107. The van der Waals surface area contributed by atoms with Gasteiger partial charge in [0.25, 0.3) is 5.91 Å². The summed E-state index contributed by atoms with van der Waals surface area (Å²) < 4.78 is 1.46. The van der Waals surface area contributed by atoms with Crippen LogP contribution in [0.25, 0.3) is 0 Å². The van der Waals surface area contributed by atoms with Gasteiger partial charge in [-0.2, -0.15) is 10.4 Å². The van der Waals surface area contributed by atoms with Crippen molar-refractivity contribution in [2.45, 2.75) is 32.1 Å². The van der Waals surface area contributed by atoms with Gasteiger partial charge >= 0.3 is 0 Å². The predicted octanol–water partition coefficient (Wildman–Crippen LogP) is 3.40. The maximum absolute atomic E-state index is 12.2. The number of amides is 1. The Labute approximate surface area is 159 Å². The smallest absolute Gasteiger partial charge is 0.279 e. The molecule has 1 aliphatic rings. The number of thiophene rings is 1. The van der Waals surface area contributed by atoms with Gasteiger partial charge in [-0.05, 0) is 43.5 Å². The van der Waals surface area contributed by atoms with Crippen LogP contribution in [0.5, 0.6) is 0 Å². The number of rotatable bonds is 2. The molecule has 2 N–H and O–H groups in total.